The van der Waals surface area contributed by atoms with Crippen molar-refractivity contribution in [1.29, 1.82) is 5.26 Å². The summed E-state index contributed by atoms with van der Waals surface area (Å²) in [6.45, 7) is -0.0283. The van der Waals surface area contributed by atoms with E-state index in [1.165, 1.54) is 0 Å². The van der Waals surface area contributed by atoms with Gasteiger partial charge in [0.1, 0.15) is 23.0 Å². The molecule has 0 radical (unpaired) electrons. The van der Waals surface area contributed by atoms with Crippen LogP contribution < -0.4 is 10.5 Å². The number of nitrogens with two attached hydrogens (primary N) is 1. The van der Waals surface area contributed by atoms with Crippen LogP contribution in [-0.2, 0) is 0 Å². The van der Waals surface area contributed by atoms with Gasteiger partial charge in [0.15, 0.2) is 6.61 Å². The van der Waals surface area contributed by atoms with Gasteiger partial charge in [0, 0.05) is 11.1 Å². The van der Waals surface area contributed by atoms with Gasteiger partial charge in [0.25, 0.3) is 0 Å². The van der Waals surface area contributed by atoms with Crippen LogP contribution in [-0.4, -0.2) is 21.6 Å². The van der Waals surface area contributed by atoms with Crippen LogP contribution in [0.2, 0.25) is 0 Å². The van der Waals surface area contributed by atoms with E-state index in [-0.39, 0.29) is 12.6 Å². The lowest BCUT2D eigenvalue weighted by atomic mass is 10.1. The van der Waals surface area contributed by atoms with Crippen LogP contribution in [0.5, 0.6) is 5.75 Å². The Bertz CT molecular complexity index is 1150. The van der Waals surface area contributed by atoms with Crippen LogP contribution in [0.15, 0.2) is 66.7 Å². The van der Waals surface area contributed by atoms with Gasteiger partial charge in [-0.25, -0.2) is 15.0 Å². The van der Waals surface area contributed by atoms with Gasteiger partial charge in [-0.3, -0.25) is 0 Å². The molecule has 0 aliphatic carbocycles. The molecule has 0 saturated heterocycles. The van der Waals surface area contributed by atoms with Gasteiger partial charge >= 0.3 is 0 Å². The number of benzene rings is 2. The maximum Gasteiger partial charge on any atom is 0.221 e. The van der Waals surface area contributed by atoms with E-state index in [0.717, 1.165) is 11.1 Å². The molecule has 130 valence electrons. The second-order valence-corrected chi connectivity index (χ2v) is 5.80. The molecule has 2 N–H and O–H groups in total. The van der Waals surface area contributed by atoms with Crippen molar-refractivity contribution in [3.8, 4) is 34.3 Å². The predicted molar refractivity (Wildman–Crippen MR) is 104 cm³/mol. The molecule has 0 aliphatic heterocycles. The lowest BCUT2D eigenvalue weighted by molar-refractivity contribution is 0.369. The Morgan fingerprint density at radius 1 is 0.889 bits per heavy atom. The molecule has 0 fully saturated rings. The number of rotatable bonds is 4. The Morgan fingerprint density at radius 2 is 1.67 bits per heavy atom. The Hall–Kier alpha value is -3.98. The Morgan fingerprint density at radius 3 is 2.48 bits per heavy atom. The molecule has 4 aromatic rings. The van der Waals surface area contributed by atoms with E-state index in [9.17, 15) is 0 Å². The summed E-state index contributed by atoms with van der Waals surface area (Å²) >= 11 is 0. The number of hydrogen-bond acceptors (Lipinski definition) is 6. The summed E-state index contributed by atoms with van der Waals surface area (Å²) in [6, 6.07) is 22.9. The normalized spacial score (nSPS) is 10.5. The van der Waals surface area contributed by atoms with Crippen molar-refractivity contribution in [3.63, 3.8) is 0 Å². The second kappa shape index (κ2) is 7.10. The highest BCUT2D eigenvalue weighted by Crippen LogP contribution is 2.32. The fraction of sp³-hybridized carbons (Fsp3) is 0.0476. The summed E-state index contributed by atoms with van der Waals surface area (Å²) < 4.78 is 5.53. The van der Waals surface area contributed by atoms with Crippen molar-refractivity contribution in [1.82, 2.24) is 15.0 Å². The van der Waals surface area contributed by atoms with E-state index < -0.39 is 0 Å². The summed E-state index contributed by atoms with van der Waals surface area (Å²) in [5, 5.41) is 8.80. The van der Waals surface area contributed by atoms with Crippen molar-refractivity contribution >= 4 is 17.0 Å². The van der Waals surface area contributed by atoms with Gasteiger partial charge in [-0.2, -0.15) is 5.26 Å². The SMILES string of the molecule is N#CCOc1ccccc1-c1ccc2nc(N)nc(-c3ccccc3)c2n1. The standard InChI is InChI=1S/C21H15N5O/c22-12-13-27-18-9-5-4-8-15(18)16-10-11-17-20(24-16)19(26-21(23)25-17)14-6-2-1-3-7-14/h1-11H,13H2,(H2,23,25,26). The Balaban J connectivity index is 1.91. The third kappa shape index (κ3) is 3.26. The zero-order valence-electron chi connectivity index (χ0n) is 14.3. The van der Waals surface area contributed by atoms with E-state index in [2.05, 4.69) is 9.97 Å². The quantitative estimate of drug-likeness (QED) is 0.598. The number of anilines is 1. The van der Waals surface area contributed by atoms with E-state index in [0.29, 0.717) is 28.2 Å². The molecule has 0 atom stereocenters. The fourth-order valence-corrected chi connectivity index (χ4v) is 2.89. The maximum atomic E-state index is 8.80. The van der Waals surface area contributed by atoms with Crippen LogP contribution in [0.1, 0.15) is 0 Å². The van der Waals surface area contributed by atoms with Crippen molar-refractivity contribution in [2.45, 2.75) is 0 Å². The molecule has 27 heavy (non-hydrogen) atoms. The molecule has 0 bridgehead atoms. The summed E-state index contributed by atoms with van der Waals surface area (Å²) in [7, 11) is 0. The van der Waals surface area contributed by atoms with Crippen molar-refractivity contribution in [2.24, 2.45) is 0 Å². The molecule has 0 unspecified atom stereocenters. The molecule has 2 aromatic carbocycles. The minimum atomic E-state index is -0.0283. The van der Waals surface area contributed by atoms with Gasteiger partial charge in [-0.15, -0.1) is 0 Å². The van der Waals surface area contributed by atoms with E-state index >= 15 is 0 Å². The topological polar surface area (TPSA) is 97.7 Å². The molecule has 0 amide bonds. The summed E-state index contributed by atoms with van der Waals surface area (Å²) in [5.74, 6) is 0.803. The van der Waals surface area contributed by atoms with Gasteiger partial charge in [0.2, 0.25) is 5.95 Å². The fourth-order valence-electron chi connectivity index (χ4n) is 2.89. The first-order chi connectivity index (χ1) is 13.3. The monoisotopic (exact) mass is 353 g/mol. The number of ether oxygens (including phenoxy) is 1. The molecule has 2 heterocycles. The highest BCUT2D eigenvalue weighted by atomic mass is 16.5. The molecule has 6 heteroatoms. The van der Waals surface area contributed by atoms with Gasteiger partial charge < -0.3 is 10.5 Å². The molecule has 0 saturated carbocycles. The van der Waals surface area contributed by atoms with Gasteiger partial charge in [-0.05, 0) is 24.3 Å². The van der Waals surface area contributed by atoms with Crippen LogP contribution in [0.3, 0.4) is 0 Å². The molecular weight excluding hydrogens is 338 g/mol. The zero-order chi connectivity index (χ0) is 18.6. The number of nitrogen functional groups attached to an aromatic ring is 1. The minimum Gasteiger partial charge on any atom is -0.478 e. The Labute approximate surface area is 155 Å². The maximum absolute atomic E-state index is 8.80. The van der Waals surface area contributed by atoms with E-state index in [1.807, 2.05) is 72.8 Å². The average molecular weight is 353 g/mol. The predicted octanol–water partition coefficient (Wildman–Crippen LogP) is 3.84. The first kappa shape index (κ1) is 16.5. The Kier molecular flexibility index (Phi) is 4.33. The summed E-state index contributed by atoms with van der Waals surface area (Å²) in [5.41, 5.74) is 10.3. The largest absolute Gasteiger partial charge is 0.478 e. The highest BCUT2D eigenvalue weighted by molar-refractivity contribution is 5.91. The zero-order valence-corrected chi connectivity index (χ0v) is 14.3. The molecule has 6 nitrogen and oxygen atoms in total. The average Bonchev–Trinajstić information content (AvgIpc) is 2.72. The molecule has 2 aromatic heterocycles. The van der Waals surface area contributed by atoms with Crippen molar-refractivity contribution in [2.75, 3.05) is 12.3 Å². The van der Waals surface area contributed by atoms with Crippen molar-refractivity contribution in [3.05, 3.63) is 66.7 Å². The first-order valence-electron chi connectivity index (χ1n) is 8.35. The number of para-hydroxylation sites is 1. The lowest BCUT2D eigenvalue weighted by Gasteiger charge is -2.11. The number of nitrogens with zero attached hydrogens (tertiary/aromatic N) is 4. The van der Waals surface area contributed by atoms with Crippen LogP contribution in [0.4, 0.5) is 5.95 Å². The number of fused-ring (bicyclic) bond motifs is 1. The lowest BCUT2D eigenvalue weighted by Crippen LogP contribution is -2.01. The van der Waals surface area contributed by atoms with Gasteiger partial charge in [0.05, 0.1) is 11.2 Å². The molecule has 4 rings (SSSR count). The summed E-state index contributed by atoms with van der Waals surface area (Å²) in [4.78, 5) is 13.5. The number of nitriles is 1. The van der Waals surface area contributed by atoms with Crippen LogP contribution >= 0.6 is 0 Å². The highest BCUT2D eigenvalue weighted by Gasteiger charge is 2.13. The number of pyridine rings is 1. The number of aromatic nitrogens is 3. The van der Waals surface area contributed by atoms with Crippen molar-refractivity contribution < 1.29 is 4.74 Å². The third-order valence-corrected chi connectivity index (χ3v) is 4.06. The van der Waals surface area contributed by atoms with Crippen LogP contribution in [0.25, 0.3) is 33.5 Å². The molecule has 0 spiro atoms. The molecule has 0 aliphatic rings. The van der Waals surface area contributed by atoms with Gasteiger partial charge in [-0.1, -0.05) is 42.5 Å². The van der Waals surface area contributed by atoms with E-state index in [1.54, 1.807) is 0 Å². The number of hydrogen-bond donors (Lipinski definition) is 1. The summed E-state index contributed by atoms with van der Waals surface area (Å²) in [6.07, 6.45) is 0. The minimum absolute atomic E-state index is 0.0283. The molecular formula is C21H15N5O. The second-order valence-electron chi connectivity index (χ2n) is 5.80. The first-order valence-corrected chi connectivity index (χ1v) is 8.35. The van der Waals surface area contributed by atoms with Crippen LogP contribution in [0, 0.1) is 11.3 Å². The third-order valence-electron chi connectivity index (χ3n) is 4.06. The van der Waals surface area contributed by atoms with E-state index in [4.69, 9.17) is 20.7 Å². The smallest absolute Gasteiger partial charge is 0.221 e.